The predicted octanol–water partition coefficient (Wildman–Crippen LogP) is 1.85. The average Bonchev–Trinajstić information content (AvgIpc) is 3.18. The van der Waals surface area contributed by atoms with Crippen molar-refractivity contribution < 1.29 is 19.2 Å². The number of nitrogens with one attached hydrogen (secondary N) is 1. The smallest absolute Gasteiger partial charge is 0.294 e. The van der Waals surface area contributed by atoms with Crippen LogP contribution in [0.4, 0.5) is 4.79 Å². The van der Waals surface area contributed by atoms with Crippen LogP contribution in [-0.2, 0) is 14.4 Å². The van der Waals surface area contributed by atoms with Gasteiger partial charge in [0.25, 0.3) is 11.1 Å². The molecule has 0 spiro atoms. The summed E-state index contributed by atoms with van der Waals surface area (Å²) in [6, 6.07) is 9.24. The monoisotopic (exact) mass is 387 g/mol. The zero-order chi connectivity index (χ0) is 19.2. The fourth-order valence-electron chi connectivity index (χ4n) is 2.97. The molecule has 27 heavy (non-hydrogen) atoms. The Morgan fingerprint density at radius 3 is 2.67 bits per heavy atom. The first-order valence-corrected chi connectivity index (χ1v) is 9.71. The maximum Gasteiger partial charge on any atom is 0.294 e. The second-order valence-corrected chi connectivity index (χ2v) is 7.36. The van der Waals surface area contributed by atoms with Crippen molar-refractivity contribution in [1.82, 2.24) is 15.1 Å². The van der Waals surface area contributed by atoms with E-state index >= 15 is 0 Å². The van der Waals surface area contributed by atoms with E-state index in [1.165, 1.54) is 0 Å². The van der Waals surface area contributed by atoms with Gasteiger partial charge in [-0.25, -0.2) is 0 Å². The molecule has 0 bridgehead atoms. The molecule has 0 unspecified atom stereocenters. The van der Waals surface area contributed by atoms with Gasteiger partial charge < -0.3 is 10.2 Å². The number of hydrogen-bond acceptors (Lipinski definition) is 5. The maximum absolute atomic E-state index is 12.4. The lowest BCUT2D eigenvalue weighted by molar-refractivity contribution is -0.129. The van der Waals surface area contributed by atoms with Crippen molar-refractivity contribution in [3.05, 3.63) is 40.8 Å². The Labute approximate surface area is 161 Å². The van der Waals surface area contributed by atoms with Crippen LogP contribution in [0.15, 0.2) is 35.2 Å². The predicted molar refractivity (Wildman–Crippen MR) is 103 cm³/mol. The lowest BCUT2D eigenvalue weighted by Crippen LogP contribution is -2.40. The zero-order valence-corrected chi connectivity index (χ0v) is 15.7. The molecular formula is C19H21N3O4S. The number of hydrogen-bond donors (Lipinski definition) is 1. The third-order valence-electron chi connectivity index (χ3n) is 4.37. The molecular weight excluding hydrogens is 366 g/mol. The molecule has 0 saturated carbocycles. The molecule has 8 heteroatoms. The largest absolute Gasteiger partial charge is 0.354 e. The molecule has 1 aromatic carbocycles. The number of amides is 4. The highest BCUT2D eigenvalue weighted by atomic mass is 32.2. The quantitative estimate of drug-likeness (QED) is 0.570. The van der Waals surface area contributed by atoms with Crippen molar-refractivity contribution >= 4 is 40.8 Å². The Morgan fingerprint density at radius 1 is 1.19 bits per heavy atom. The van der Waals surface area contributed by atoms with E-state index in [2.05, 4.69) is 5.32 Å². The number of benzene rings is 1. The van der Waals surface area contributed by atoms with Crippen molar-refractivity contribution in [3.63, 3.8) is 0 Å². The van der Waals surface area contributed by atoms with Gasteiger partial charge in [0.15, 0.2) is 0 Å². The van der Waals surface area contributed by atoms with E-state index in [0.717, 1.165) is 35.2 Å². The minimum absolute atomic E-state index is 0.157. The van der Waals surface area contributed by atoms with Crippen molar-refractivity contribution in [2.24, 2.45) is 0 Å². The third kappa shape index (κ3) is 4.97. The van der Waals surface area contributed by atoms with Crippen molar-refractivity contribution in [2.75, 3.05) is 26.2 Å². The highest BCUT2D eigenvalue weighted by Gasteiger charge is 2.36. The first-order valence-electron chi connectivity index (χ1n) is 8.89. The SMILES string of the molecule is O=C(CN1C(=O)S/C(=C/c2ccccc2)C1=O)NCCCN1CCCC1=O. The molecule has 3 rings (SSSR count). The lowest BCUT2D eigenvalue weighted by Gasteiger charge is -2.16. The summed E-state index contributed by atoms with van der Waals surface area (Å²) in [6.07, 6.45) is 3.78. The first kappa shape index (κ1) is 19.2. The number of nitrogens with zero attached hydrogens (tertiary/aromatic N) is 2. The van der Waals surface area contributed by atoms with Crippen LogP contribution in [0.2, 0.25) is 0 Å². The highest BCUT2D eigenvalue weighted by molar-refractivity contribution is 8.18. The van der Waals surface area contributed by atoms with Gasteiger partial charge in [0.2, 0.25) is 11.8 Å². The number of likely N-dealkylation sites (tertiary alicyclic amines) is 1. The van der Waals surface area contributed by atoms with Crippen molar-refractivity contribution in [2.45, 2.75) is 19.3 Å². The standard InChI is InChI=1S/C19H21N3O4S/c23-16(20-9-5-11-21-10-4-8-17(21)24)13-22-18(25)15(27-19(22)26)12-14-6-2-1-3-7-14/h1-3,6-7,12H,4-5,8-11,13H2,(H,20,23)/b15-12+. The molecule has 142 valence electrons. The summed E-state index contributed by atoms with van der Waals surface area (Å²) >= 11 is 0.838. The molecule has 4 amide bonds. The van der Waals surface area contributed by atoms with E-state index < -0.39 is 11.1 Å². The van der Waals surface area contributed by atoms with Crippen LogP contribution >= 0.6 is 11.8 Å². The Kier molecular flexibility index (Phi) is 6.28. The summed E-state index contributed by atoms with van der Waals surface area (Å²) in [6.45, 7) is 1.50. The van der Waals surface area contributed by atoms with Crippen molar-refractivity contribution in [3.8, 4) is 0 Å². The third-order valence-corrected chi connectivity index (χ3v) is 5.28. The molecule has 7 nitrogen and oxygen atoms in total. The van der Waals surface area contributed by atoms with E-state index in [1.54, 1.807) is 11.0 Å². The van der Waals surface area contributed by atoms with E-state index in [0.29, 0.717) is 30.8 Å². The molecule has 1 N–H and O–H groups in total. The molecule has 2 saturated heterocycles. The van der Waals surface area contributed by atoms with E-state index in [-0.39, 0.29) is 18.4 Å². The van der Waals surface area contributed by atoms with E-state index in [1.807, 2.05) is 30.3 Å². The summed E-state index contributed by atoms with van der Waals surface area (Å²) in [5, 5.41) is 2.26. The average molecular weight is 387 g/mol. The molecule has 2 aliphatic heterocycles. The Balaban J connectivity index is 1.46. The fourth-order valence-corrected chi connectivity index (χ4v) is 3.81. The number of carbonyl (C=O) groups excluding carboxylic acids is 4. The van der Waals surface area contributed by atoms with Gasteiger partial charge in [0.1, 0.15) is 6.54 Å². The van der Waals surface area contributed by atoms with Gasteiger partial charge in [-0.05, 0) is 36.2 Å². The summed E-state index contributed by atoms with van der Waals surface area (Å²) in [4.78, 5) is 51.1. The minimum atomic E-state index is -0.452. The number of rotatable bonds is 7. The van der Waals surface area contributed by atoms with Crippen LogP contribution in [0.5, 0.6) is 0 Å². The van der Waals surface area contributed by atoms with Gasteiger partial charge in [-0.3, -0.25) is 24.1 Å². The van der Waals surface area contributed by atoms with Crippen LogP contribution in [0.3, 0.4) is 0 Å². The Bertz CT molecular complexity index is 778. The van der Waals surface area contributed by atoms with Crippen LogP contribution in [0.25, 0.3) is 6.08 Å². The topological polar surface area (TPSA) is 86.8 Å². The highest BCUT2D eigenvalue weighted by Crippen LogP contribution is 2.31. The number of thioether (sulfide) groups is 1. The number of imide groups is 1. The Morgan fingerprint density at radius 2 is 1.96 bits per heavy atom. The van der Waals surface area contributed by atoms with Gasteiger partial charge in [-0.15, -0.1) is 0 Å². The van der Waals surface area contributed by atoms with Gasteiger partial charge in [-0.1, -0.05) is 30.3 Å². The van der Waals surface area contributed by atoms with Crippen LogP contribution in [0.1, 0.15) is 24.8 Å². The van der Waals surface area contributed by atoms with Crippen LogP contribution < -0.4 is 5.32 Å². The van der Waals surface area contributed by atoms with Crippen LogP contribution in [-0.4, -0.2) is 58.9 Å². The molecule has 0 atom stereocenters. The van der Waals surface area contributed by atoms with Gasteiger partial charge in [0, 0.05) is 26.1 Å². The molecule has 0 aliphatic carbocycles. The normalized spacial score (nSPS) is 18.7. The second-order valence-electron chi connectivity index (χ2n) is 6.37. The van der Waals surface area contributed by atoms with Crippen LogP contribution in [0, 0.1) is 0 Å². The lowest BCUT2D eigenvalue weighted by atomic mass is 10.2. The molecule has 2 fully saturated rings. The number of carbonyl (C=O) groups is 4. The minimum Gasteiger partial charge on any atom is -0.354 e. The molecule has 2 aliphatic rings. The zero-order valence-electron chi connectivity index (χ0n) is 14.8. The van der Waals surface area contributed by atoms with Gasteiger partial charge in [0.05, 0.1) is 4.91 Å². The molecule has 2 heterocycles. The molecule has 0 aromatic heterocycles. The summed E-state index contributed by atoms with van der Waals surface area (Å²) < 4.78 is 0. The van der Waals surface area contributed by atoms with Gasteiger partial charge >= 0.3 is 0 Å². The summed E-state index contributed by atoms with van der Waals surface area (Å²) in [5.41, 5.74) is 0.823. The maximum atomic E-state index is 12.4. The summed E-state index contributed by atoms with van der Waals surface area (Å²) in [7, 11) is 0. The Hall–Kier alpha value is -2.61. The van der Waals surface area contributed by atoms with Gasteiger partial charge in [-0.2, -0.15) is 0 Å². The van der Waals surface area contributed by atoms with E-state index in [9.17, 15) is 19.2 Å². The fraction of sp³-hybridized carbons (Fsp3) is 0.368. The van der Waals surface area contributed by atoms with Crippen molar-refractivity contribution in [1.29, 1.82) is 0 Å². The van der Waals surface area contributed by atoms with E-state index in [4.69, 9.17) is 0 Å². The second kappa shape index (κ2) is 8.85. The summed E-state index contributed by atoms with van der Waals surface area (Å²) in [5.74, 6) is -0.679. The first-order chi connectivity index (χ1) is 13.0. The molecule has 1 aromatic rings. The molecule has 0 radical (unpaired) electrons.